The number of hydrogen-bond acceptors (Lipinski definition) is 5. The maximum atomic E-state index is 14.1. The third-order valence-electron chi connectivity index (χ3n) is 7.60. The van der Waals surface area contributed by atoms with Crippen molar-refractivity contribution in [2.75, 3.05) is 31.2 Å². The van der Waals surface area contributed by atoms with E-state index >= 15 is 0 Å². The maximum absolute atomic E-state index is 14.1. The molecule has 1 atom stereocenters. The van der Waals surface area contributed by atoms with Gasteiger partial charge in [0.2, 0.25) is 5.91 Å². The summed E-state index contributed by atoms with van der Waals surface area (Å²) < 4.78 is 11.8. The largest absolute Gasteiger partial charge is 0.493 e. The zero-order valence-electron chi connectivity index (χ0n) is 19.0. The number of benzene rings is 3. The van der Waals surface area contributed by atoms with Crippen molar-refractivity contribution in [1.29, 1.82) is 0 Å². The van der Waals surface area contributed by atoms with Gasteiger partial charge in [-0.25, -0.2) is 0 Å². The van der Waals surface area contributed by atoms with Crippen molar-refractivity contribution in [1.82, 2.24) is 4.90 Å². The van der Waals surface area contributed by atoms with Crippen molar-refractivity contribution in [3.63, 3.8) is 0 Å². The van der Waals surface area contributed by atoms with Gasteiger partial charge in [-0.3, -0.25) is 19.3 Å². The first-order valence-electron chi connectivity index (χ1n) is 11.9. The topological polar surface area (TPSA) is 76.2 Å². The molecule has 3 aromatic carbocycles. The monoisotopic (exact) mass is 466 g/mol. The molecule has 0 bridgehead atoms. The van der Waals surface area contributed by atoms with Crippen LogP contribution in [0.3, 0.4) is 0 Å². The van der Waals surface area contributed by atoms with Gasteiger partial charge in [0, 0.05) is 36.8 Å². The van der Waals surface area contributed by atoms with Gasteiger partial charge in [-0.05, 0) is 41.8 Å². The SMILES string of the molecule is O=C1c2ccccc2C(=O)N1CCCN1C(=O)C2(COc3cc4c(cc32)CCO4)c2ccccc21. The van der Waals surface area contributed by atoms with Crippen molar-refractivity contribution >= 4 is 23.4 Å². The number of para-hydroxylation sites is 1. The van der Waals surface area contributed by atoms with Crippen LogP contribution >= 0.6 is 0 Å². The second-order valence-corrected chi connectivity index (χ2v) is 9.38. The van der Waals surface area contributed by atoms with Gasteiger partial charge >= 0.3 is 0 Å². The van der Waals surface area contributed by atoms with Crippen LogP contribution in [0.4, 0.5) is 5.69 Å². The highest BCUT2D eigenvalue weighted by Gasteiger charge is 2.57. The van der Waals surface area contributed by atoms with Crippen LogP contribution < -0.4 is 14.4 Å². The van der Waals surface area contributed by atoms with Crippen LogP contribution in [0.25, 0.3) is 0 Å². The summed E-state index contributed by atoms with van der Waals surface area (Å²) in [6, 6.07) is 18.7. The molecule has 0 saturated heterocycles. The van der Waals surface area contributed by atoms with Gasteiger partial charge in [0.1, 0.15) is 23.5 Å². The van der Waals surface area contributed by atoms with E-state index in [-0.39, 0.29) is 30.9 Å². The Morgan fingerprint density at radius 2 is 1.49 bits per heavy atom. The van der Waals surface area contributed by atoms with E-state index < -0.39 is 5.41 Å². The lowest BCUT2D eigenvalue weighted by molar-refractivity contribution is -0.122. The fourth-order valence-electron chi connectivity index (χ4n) is 5.90. The molecule has 35 heavy (non-hydrogen) atoms. The Morgan fingerprint density at radius 1 is 0.771 bits per heavy atom. The molecule has 1 unspecified atom stereocenters. The van der Waals surface area contributed by atoms with Gasteiger partial charge in [-0.15, -0.1) is 0 Å². The summed E-state index contributed by atoms with van der Waals surface area (Å²) in [7, 11) is 0. The number of imide groups is 1. The average Bonchev–Trinajstić information content (AvgIpc) is 3.61. The van der Waals surface area contributed by atoms with Gasteiger partial charge in [-0.2, -0.15) is 0 Å². The fraction of sp³-hybridized carbons (Fsp3) is 0.250. The molecule has 3 aromatic rings. The van der Waals surface area contributed by atoms with Gasteiger partial charge in [0.15, 0.2) is 0 Å². The Labute approximate surface area is 201 Å². The first-order chi connectivity index (χ1) is 17.1. The maximum Gasteiger partial charge on any atom is 0.261 e. The summed E-state index contributed by atoms with van der Waals surface area (Å²) in [5.41, 5.74) is 3.77. The first-order valence-corrected chi connectivity index (χ1v) is 11.9. The third-order valence-corrected chi connectivity index (χ3v) is 7.60. The molecule has 4 aliphatic rings. The van der Waals surface area contributed by atoms with Crippen LogP contribution in [-0.2, 0) is 16.6 Å². The summed E-state index contributed by atoms with van der Waals surface area (Å²) >= 11 is 0. The highest BCUT2D eigenvalue weighted by molar-refractivity contribution is 6.21. The Morgan fingerprint density at radius 3 is 2.29 bits per heavy atom. The van der Waals surface area contributed by atoms with Crippen LogP contribution in [0.2, 0.25) is 0 Å². The predicted molar refractivity (Wildman–Crippen MR) is 127 cm³/mol. The predicted octanol–water partition coefficient (Wildman–Crippen LogP) is 3.33. The molecule has 174 valence electrons. The van der Waals surface area contributed by atoms with E-state index in [1.54, 1.807) is 29.2 Å². The number of amides is 3. The van der Waals surface area contributed by atoms with Crippen molar-refractivity contribution in [3.8, 4) is 11.5 Å². The summed E-state index contributed by atoms with van der Waals surface area (Å²) in [5.74, 6) is 0.950. The zero-order valence-corrected chi connectivity index (χ0v) is 19.0. The molecular formula is C28H22N2O5. The van der Waals surface area contributed by atoms with Crippen molar-refractivity contribution < 1.29 is 23.9 Å². The quantitative estimate of drug-likeness (QED) is 0.552. The van der Waals surface area contributed by atoms with Gasteiger partial charge < -0.3 is 14.4 Å². The molecule has 0 saturated carbocycles. The lowest BCUT2D eigenvalue weighted by atomic mass is 9.76. The molecule has 0 aliphatic carbocycles. The van der Waals surface area contributed by atoms with Crippen LogP contribution in [0.15, 0.2) is 60.7 Å². The van der Waals surface area contributed by atoms with E-state index in [1.165, 1.54) is 4.90 Å². The lowest BCUT2D eigenvalue weighted by Crippen LogP contribution is -2.43. The Bertz CT molecular complexity index is 1410. The number of carbonyl (C=O) groups is 3. The van der Waals surface area contributed by atoms with Gasteiger partial charge in [-0.1, -0.05) is 30.3 Å². The standard InChI is InChI=1S/C28H22N2O5/c31-25-18-6-1-2-7-19(18)26(32)30(25)12-5-11-29-22-9-4-3-8-20(22)28(27(29)33)16-35-24-15-23-17(10-13-34-23)14-21(24)28/h1-4,6-9,14-15H,5,10-13,16H2. The van der Waals surface area contributed by atoms with E-state index in [0.717, 1.165) is 34.5 Å². The number of carbonyl (C=O) groups excluding carboxylic acids is 3. The molecule has 7 rings (SSSR count). The highest BCUT2D eigenvalue weighted by Crippen LogP contribution is 2.53. The number of rotatable bonds is 4. The van der Waals surface area contributed by atoms with E-state index in [9.17, 15) is 14.4 Å². The second-order valence-electron chi connectivity index (χ2n) is 9.38. The van der Waals surface area contributed by atoms with Crippen LogP contribution in [0.1, 0.15) is 43.8 Å². The average molecular weight is 466 g/mol. The van der Waals surface area contributed by atoms with Gasteiger partial charge in [0.25, 0.3) is 11.8 Å². The summed E-state index contributed by atoms with van der Waals surface area (Å²) in [6.45, 7) is 1.54. The molecule has 0 fully saturated rings. The van der Waals surface area contributed by atoms with Crippen LogP contribution in [-0.4, -0.2) is 48.9 Å². The molecule has 3 amide bonds. The van der Waals surface area contributed by atoms with Crippen LogP contribution in [0.5, 0.6) is 11.5 Å². The smallest absolute Gasteiger partial charge is 0.261 e. The Balaban J connectivity index is 1.18. The van der Waals surface area contributed by atoms with E-state index in [1.807, 2.05) is 30.3 Å². The Hall–Kier alpha value is -4.13. The summed E-state index contributed by atoms with van der Waals surface area (Å²) in [4.78, 5) is 42.6. The molecule has 0 N–H and O–H groups in total. The molecule has 4 aliphatic heterocycles. The molecule has 1 spiro atoms. The molecule has 4 heterocycles. The van der Waals surface area contributed by atoms with Crippen molar-refractivity contribution in [2.24, 2.45) is 0 Å². The fourth-order valence-corrected chi connectivity index (χ4v) is 5.90. The van der Waals surface area contributed by atoms with Crippen molar-refractivity contribution in [3.05, 3.63) is 88.5 Å². The number of hydrogen-bond donors (Lipinski definition) is 0. The molecule has 0 aromatic heterocycles. The minimum Gasteiger partial charge on any atom is -0.493 e. The lowest BCUT2D eigenvalue weighted by Gasteiger charge is -2.24. The van der Waals surface area contributed by atoms with E-state index in [0.29, 0.717) is 36.4 Å². The number of nitrogens with zero attached hydrogens (tertiary/aromatic N) is 2. The number of ether oxygens (including phenoxy) is 2. The number of anilines is 1. The number of fused-ring (bicyclic) bond motifs is 6. The van der Waals surface area contributed by atoms with E-state index in [4.69, 9.17) is 9.47 Å². The van der Waals surface area contributed by atoms with E-state index in [2.05, 4.69) is 6.07 Å². The molecule has 7 heteroatoms. The Kier molecular flexibility index (Phi) is 4.16. The summed E-state index contributed by atoms with van der Waals surface area (Å²) in [5, 5.41) is 0. The molecule has 0 radical (unpaired) electrons. The van der Waals surface area contributed by atoms with Crippen LogP contribution in [0, 0.1) is 0 Å². The third kappa shape index (κ3) is 2.63. The second kappa shape index (κ2) is 7.18. The normalized spacial score (nSPS) is 21.2. The zero-order chi connectivity index (χ0) is 23.7. The molecular weight excluding hydrogens is 444 g/mol. The first kappa shape index (κ1) is 20.3. The molecule has 7 nitrogen and oxygen atoms in total. The minimum absolute atomic E-state index is 0.0290. The highest BCUT2D eigenvalue weighted by atomic mass is 16.5. The van der Waals surface area contributed by atoms with Gasteiger partial charge in [0.05, 0.1) is 17.7 Å². The summed E-state index contributed by atoms with van der Waals surface area (Å²) in [6.07, 6.45) is 1.30. The minimum atomic E-state index is -0.890. The van der Waals surface area contributed by atoms with Crippen molar-refractivity contribution in [2.45, 2.75) is 18.3 Å².